The molecule has 0 spiro atoms. The maximum absolute atomic E-state index is 13.4. The van der Waals surface area contributed by atoms with Crippen molar-refractivity contribution in [3.63, 3.8) is 0 Å². The van der Waals surface area contributed by atoms with Gasteiger partial charge in [0, 0.05) is 44.1 Å². The molecule has 2 atom stereocenters. The summed E-state index contributed by atoms with van der Waals surface area (Å²) in [6.45, 7) is 2.51. The van der Waals surface area contributed by atoms with E-state index >= 15 is 0 Å². The Bertz CT molecular complexity index is 983. The van der Waals surface area contributed by atoms with Crippen LogP contribution in [0.1, 0.15) is 35.4 Å². The Balaban J connectivity index is 1.26. The molecule has 1 amide bonds. The summed E-state index contributed by atoms with van der Waals surface area (Å²) in [5.74, 6) is 0.117. The molecule has 4 heteroatoms. The maximum atomic E-state index is 13.4. The lowest BCUT2D eigenvalue weighted by Crippen LogP contribution is -2.48. The molecular formula is C27H27FN2O. The van der Waals surface area contributed by atoms with Crippen LogP contribution in [0.5, 0.6) is 0 Å². The molecule has 2 saturated heterocycles. The molecule has 3 nitrogen and oxygen atoms in total. The van der Waals surface area contributed by atoms with E-state index in [1.165, 1.54) is 23.3 Å². The summed E-state index contributed by atoms with van der Waals surface area (Å²) in [4.78, 5) is 17.9. The third-order valence-corrected chi connectivity index (χ3v) is 6.76. The number of hydrogen-bond acceptors (Lipinski definition) is 2. The summed E-state index contributed by atoms with van der Waals surface area (Å²) in [7, 11) is 0. The van der Waals surface area contributed by atoms with Crippen molar-refractivity contribution in [3.05, 3.63) is 107 Å². The number of halogens is 1. The van der Waals surface area contributed by atoms with Gasteiger partial charge in [0.2, 0.25) is 5.91 Å². The fraction of sp³-hybridized carbons (Fsp3) is 0.296. The first kappa shape index (κ1) is 20.0. The molecule has 0 aliphatic carbocycles. The predicted molar refractivity (Wildman–Crippen MR) is 120 cm³/mol. The van der Waals surface area contributed by atoms with E-state index in [0.29, 0.717) is 12.5 Å². The van der Waals surface area contributed by atoms with Gasteiger partial charge < -0.3 is 4.90 Å². The minimum atomic E-state index is -0.199. The van der Waals surface area contributed by atoms with Crippen molar-refractivity contribution in [1.82, 2.24) is 9.80 Å². The van der Waals surface area contributed by atoms with Gasteiger partial charge in [0.1, 0.15) is 5.82 Å². The Morgan fingerprint density at radius 2 is 1.45 bits per heavy atom. The second-order valence-corrected chi connectivity index (χ2v) is 8.72. The molecule has 2 fully saturated rings. The van der Waals surface area contributed by atoms with E-state index in [4.69, 9.17) is 0 Å². The van der Waals surface area contributed by atoms with Gasteiger partial charge in [-0.1, -0.05) is 72.8 Å². The van der Waals surface area contributed by atoms with Crippen molar-refractivity contribution in [2.75, 3.05) is 13.1 Å². The van der Waals surface area contributed by atoms with E-state index in [0.717, 1.165) is 31.6 Å². The topological polar surface area (TPSA) is 23.6 Å². The number of nitrogens with zero attached hydrogens (tertiary/aromatic N) is 2. The van der Waals surface area contributed by atoms with E-state index in [-0.39, 0.29) is 23.7 Å². The highest BCUT2D eigenvalue weighted by Gasteiger charge is 2.45. The Labute approximate surface area is 183 Å². The van der Waals surface area contributed by atoms with E-state index in [2.05, 4.69) is 34.1 Å². The van der Waals surface area contributed by atoms with Crippen LogP contribution < -0.4 is 0 Å². The van der Waals surface area contributed by atoms with E-state index in [9.17, 15) is 9.18 Å². The molecule has 158 valence electrons. The highest BCUT2D eigenvalue weighted by atomic mass is 19.1. The summed E-state index contributed by atoms with van der Waals surface area (Å²) in [6, 6.07) is 28.1. The number of hydrogen-bond donors (Lipinski definition) is 0. The number of piperazine rings is 1. The van der Waals surface area contributed by atoms with Crippen molar-refractivity contribution in [2.45, 2.75) is 37.4 Å². The molecule has 0 aromatic heterocycles. The zero-order chi connectivity index (χ0) is 21.2. The monoisotopic (exact) mass is 414 g/mol. The van der Waals surface area contributed by atoms with Crippen molar-refractivity contribution >= 4 is 5.91 Å². The van der Waals surface area contributed by atoms with E-state index in [1.54, 1.807) is 0 Å². The first-order valence-electron chi connectivity index (χ1n) is 11.1. The molecule has 2 aliphatic rings. The van der Waals surface area contributed by atoms with Crippen LogP contribution in [0.15, 0.2) is 84.9 Å². The maximum Gasteiger partial charge on any atom is 0.223 e. The number of carbonyl (C=O) groups is 1. The summed E-state index contributed by atoms with van der Waals surface area (Å²) >= 11 is 0. The standard InChI is InChI=1S/C27H27FN2O/c28-23-13-11-20(12-14-23)17-29-18-25-15-24(29)19-30(25)27(31)16-26(21-7-3-1-4-8-21)22-9-5-2-6-10-22/h1-14,24-26H,15-19H2/t24-,25-/m1/s1. The molecular weight excluding hydrogens is 387 g/mol. The Hall–Kier alpha value is -2.98. The molecule has 2 heterocycles. The number of carbonyl (C=O) groups excluding carboxylic acids is 1. The third-order valence-electron chi connectivity index (χ3n) is 6.76. The average Bonchev–Trinajstić information content (AvgIpc) is 3.41. The zero-order valence-corrected chi connectivity index (χ0v) is 17.5. The van der Waals surface area contributed by atoms with Gasteiger partial charge in [-0.2, -0.15) is 0 Å². The normalized spacial score (nSPS) is 20.5. The lowest BCUT2D eigenvalue weighted by Gasteiger charge is -2.35. The third kappa shape index (κ3) is 4.26. The minimum absolute atomic E-state index is 0.0735. The SMILES string of the molecule is O=C(CC(c1ccccc1)c1ccccc1)N1C[C@H]2C[C@@H]1CN2Cc1ccc(F)cc1. The Morgan fingerprint density at radius 3 is 2.00 bits per heavy atom. The summed E-state index contributed by atoms with van der Waals surface area (Å²) in [5, 5.41) is 0. The number of rotatable bonds is 6. The second-order valence-electron chi connectivity index (χ2n) is 8.72. The van der Waals surface area contributed by atoms with Crippen LogP contribution in [-0.4, -0.2) is 40.9 Å². The molecule has 0 saturated carbocycles. The molecule has 2 aliphatic heterocycles. The van der Waals surface area contributed by atoms with Gasteiger partial charge in [-0.15, -0.1) is 0 Å². The smallest absolute Gasteiger partial charge is 0.223 e. The summed E-state index contributed by atoms with van der Waals surface area (Å²) < 4.78 is 13.2. The fourth-order valence-electron chi connectivity index (χ4n) is 5.16. The van der Waals surface area contributed by atoms with Crippen molar-refractivity contribution in [3.8, 4) is 0 Å². The Morgan fingerprint density at radius 1 is 0.839 bits per heavy atom. The highest BCUT2D eigenvalue weighted by molar-refractivity contribution is 5.78. The van der Waals surface area contributed by atoms with Crippen LogP contribution in [0.3, 0.4) is 0 Å². The van der Waals surface area contributed by atoms with Gasteiger partial charge in [-0.3, -0.25) is 9.69 Å². The molecule has 0 unspecified atom stereocenters. The van der Waals surface area contributed by atoms with Gasteiger partial charge in [0.05, 0.1) is 0 Å². The Kier molecular flexibility index (Phi) is 5.56. The van der Waals surface area contributed by atoms with Crippen molar-refractivity contribution < 1.29 is 9.18 Å². The number of likely N-dealkylation sites (tertiary alicyclic amines) is 2. The van der Waals surface area contributed by atoms with Gasteiger partial charge in [-0.05, 0) is 35.2 Å². The van der Waals surface area contributed by atoms with Crippen LogP contribution >= 0.6 is 0 Å². The van der Waals surface area contributed by atoms with Gasteiger partial charge in [0.25, 0.3) is 0 Å². The van der Waals surface area contributed by atoms with E-state index < -0.39 is 0 Å². The average molecular weight is 415 g/mol. The first-order chi connectivity index (χ1) is 15.2. The zero-order valence-electron chi connectivity index (χ0n) is 17.5. The lowest BCUT2D eigenvalue weighted by atomic mass is 9.88. The summed E-state index contributed by atoms with van der Waals surface area (Å²) in [5.41, 5.74) is 3.49. The van der Waals surface area contributed by atoms with Crippen LogP contribution in [0.2, 0.25) is 0 Å². The van der Waals surface area contributed by atoms with Crippen LogP contribution in [0.25, 0.3) is 0 Å². The van der Waals surface area contributed by atoms with Crippen molar-refractivity contribution in [2.24, 2.45) is 0 Å². The second kappa shape index (κ2) is 8.64. The minimum Gasteiger partial charge on any atom is -0.337 e. The molecule has 0 radical (unpaired) electrons. The highest BCUT2D eigenvalue weighted by Crippen LogP contribution is 2.35. The van der Waals surface area contributed by atoms with E-state index in [1.807, 2.05) is 48.5 Å². The molecule has 0 N–H and O–H groups in total. The van der Waals surface area contributed by atoms with Crippen LogP contribution in [0, 0.1) is 5.82 Å². The fourth-order valence-corrected chi connectivity index (χ4v) is 5.16. The number of amides is 1. The van der Waals surface area contributed by atoms with Gasteiger partial charge in [-0.25, -0.2) is 4.39 Å². The van der Waals surface area contributed by atoms with Crippen LogP contribution in [-0.2, 0) is 11.3 Å². The molecule has 3 aromatic rings. The number of benzene rings is 3. The van der Waals surface area contributed by atoms with Crippen LogP contribution in [0.4, 0.5) is 4.39 Å². The molecule has 31 heavy (non-hydrogen) atoms. The predicted octanol–water partition coefficient (Wildman–Crippen LogP) is 4.83. The molecule has 2 bridgehead atoms. The number of fused-ring (bicyclic) bond motifs is 2. The molecule has 3 aromatic carbocycles. The largest absolute Gasteiger partial charge is 0.337 e. The van der Waals surface area contributed by atoms with Gasteiger partial charge >= 0.3 is 0 Å². The van der Waals surface area contributed by atoms with Gasteiger partial charge in [0.15, 0.2) is 0 Å². The lowest BCUT2D eigenvalue weighted by molar-refractivity contribution is -0.133. The van der Waals surface area contributed by atoms with Crippen molar-refractivity contribution in [1.29, 1.82) is 0 Å². The quantitative estimate of drug-likeness (QED) is 0.577. The summed E-state index contributed by atoms with van der Waals surface area (Å²) in [6.07, 6.45) is 1.53. The first-order valence-corrected chi connectivity index (χ1v) is 11.1. The molecule has 5 rings (SSSR count).